The number of carbonyl (C=O) groups is 1. The maximum Gasteiger partial charge on any atom is 0.244 e. The highest BCUT2D eigenvalue weighted by atomic mass is 35.5. The van der Waals surface area contributed by atoms with Crippen LogP contribution in [0.15, 0.2) is 0 Å². The second kappa shape index (κ2) is 6.38. The highest BCUT2D eigenvalue weighted by Crippen LogP contribution is 2.29. The van der Waals surface area contributed by atoms with Crippen molar-refractivity contribution in [2.24, 2.45) is 5.73 Å². The van der Waals surface area contributed by atoms with Gasteiger partial charge in [0.2, 0.25) is 5.91 Å². The van der Waals surface area contributed by atoms with Gasteiger partial charge in [-0.15, -0.1) is 23.7 Å². The minimum atomic E-state index is -3.39. The number of hydrogen-bond acceptors (Lipinski definition) is 6. The molecule has 0 aromatic carbocycles. The van der Waals surface area contributed by atoms with Crippen LogP contribution in [0.1, 0.15) is 23.9 Å². The fourth-order valence-corrected chi connectivity index (χ4v) is 3.41. The fraction of sp³-hybridized carbons (Fsp3) is 0.636. The van der Waals surface area contributed by atoms with Gasteiger partial charge in [-0.2, -0.15) is 0 Å². The summed E-state index contributed by atoms with van der Waals surface area (Å²) >= 11 is 1.38. The number of nitrogens with two attached hydrogens (primary N) is 1. The summed E-state index contributed by atoms with van der Waals surface area (Å²) < 4.78 is 22.6. The van der Waals surface area contributed by atoms with Crippen molar-refractivity contribution in [3.05, 3.63) is 10.6 Å². The van der Waals surface area contributed by atoms with Crippen molar-refractivity contribution in [3.63, 3.8) is 0 Å². The van der Waals surface area contributed by atoms with Crippen LogP contribution in [-0.4, -0.2) is 36.9 Å². The molecule has 0 aliphatic heterocycles. The predicted molar refractivity (Wildman–Crippen MR) is 82.3 cm³/mol. The van der Waals surface area contributed by atoms with E-state index in [1.165, 1.54) is 18.3 Å². The lowest BCUT2D eigenvalue weighted by atomic mass is 9.99. The van der Waals surface area contributed by atoms with E-state index in [9.17, 15) is 13.2 Å². The largest absolute Gasteiger partial charge is 0.327 e. The number of carbonyl (C=O) groups excluding carboxylic acids is 1. The molecule has 6 nitrogen and oxygen atoms in total. The van der Waals surface area contributed by atoms with Crippen molar-refractivity contribution in [3.8, 4) is 0 Å². The predicted octanol–water partition coefficient (Wildman–Crippen LogP) is 0.752. The smallest absolute Gasteiger partial charge is 0.244 e. The Kier molecular flexibility index (Phi) is 5.54. The van der Waals surface area contributed by atoms with Gasteiger partial charge in [0.05, 0.1) is 5.69 Å². The molecule has 0 spiro atoms. The Bertz CT molecular complexity index is 600. The van der Waals surface area contributed by atoms with E-state index in [1.807, 2.05) is 0 Å². The molecule has 1 aliphatic rings. The van der Waals surface area contributed by atoms with Gasteiger partial charge < -0.3 is 11.1 Å². The van der Waals surface area contributed by atoms with Crippen molar-refractivity contribution in [2.45, 2.75) is 37.5 Å². The van der Waals surface area contributed by atoms with Crippen LogP contribution < -0.4 is 11.1 Å². The molecule has 2 rings (SSSR count). The van der Waals surface area contributed by atoms with Gasteiger partial charge in [-0.3, -0.25) is 4.79 Å². The van der Waals surface area contributed by atoms with Gasteiger partial charge in [0.1, 0.15) is 5.25 Å². The van der Waals surface area contributed by atoms with E-state index in [2.05, 4.69) is 10.3 Å². The molecule has 2 atom stereocenters. The summed E-state index contributed by atoms with van der Waals surface area (Å²) in [6, 6.07) is 0.145. The molecule has 0 radical (unpaired) electrons. The molecule has 9 heteroatoms. The molecule has 1 aromatic heterocycles. The third-order valence-electron chi connectivity index (χ3n) is 3.22. The zero-order valence-electron chi connectivity index (χ0n) is 11.3. The maximum atomic E-state index is 11.8. The van der Waals surface area contributed by atoms with Gasteiger partial charge in [0.15, 0.2) is 15.0 Å². The third kappa shape index (κ3) is 3.91. The van der Waals surface area contributed by atoms with Crippen LogP contribution in [0.5, 0.6) is 0 Å². The average Bonchev–Trinajstić information content (AvgIpc) is 2.67. The van der Waals surface area contributed by atoms with Gasteiger partial charge in [-0.1, -0.05) is 0 Å². The zero-order chi connectivity index (χ0) is 14.2. The molecule has 0 bridgehead atoms. The number of fused-ring (bicyclic) bond motifs is 1. The van der Waals surface area contributed by atoms with E-state index in [-0.39, 0.29) is 18.4 Å². The van der Waals surface area contributed by atoms with E-state index in [0.717, 1.165) is 36.1 Å². The van der Waals surface area contributed by atoms with Crippen LogP contribution in [0.4, 0.5) is 5.13 Å². The Hall–Kier alpha value is -0.700. The van der Waals surface area contributed by atoms with Crippen molar-refractivity contribution in [1.29, 1.82) is 0 Å². The van der Waals surface area contributed by atoms with Gasteiger partial charge in [-0.25, -0.2) is 13.4 Å². The summed E-state index contributed by atoms with van der Waals surface area (Å²) in [7, 11) is -3.39. The van der Waals surface area contributed by atoms with Gasteiger partial charge >= 0.3 is 0 Å². The summed E-state index contributed by atoms with van der Waals surface area (Å²) in [5.41, 5.74) is 6.84. The normalized spacial score (nSPS) is 19.6. The molecule has 114 valence electrons. The van der Waals surface area contributed by atoms with E-state index >= 15 is 0 Å². The molecule has 0 fully saturated rings. The second-order valence-corrected chi connectivity index (χ2v) is 8.30. The van der Waals surface area contributed by atoms with Crippen LogP contribution in [0.3, 0.4) is 0 Å². The van der Waals surface area contributed by atoms with Crippen molar-refractivity contribution >= 4 is 44.6 Å². The van der Waals surface area contributed by atoms with Crippen LogP contribution in [0.25, 0.3) is 0 Å². The molecule has 3 N–H and O–H groups in total. The Labute approximate surface area is 128 Å². The Morgan fingerprint density at radius 2 is 2.20 bits per heavy atom. The second-order valence-electron chi connectivity index (χ2n) is 4.85. The molecule has 0 saturated heterocycles. The van der Waals surface area contributed by atoms with Crippen molar-refractivity contribution < 1.29 is 13.2 Å². The van der Waals surface area contributed by atoms with Crippen molar-refractivity contribution in [2.75, 3.05) is 11.6 Å². The first kappa shape index (κ1) is 17.4. The quantitative estimate of drug-likeness (QED) is 0.846. The third-order valence-corrected chi connectivity index (χ3v) is 5.75. The highest BCUT2D eigenvalue weighted by Gasteiger charge is 2.26. The lowest BCUT2D eigenvalue weighted by Crippen LogP contribution is -2.31. The molecule has 1 aromatic rings. The number of aryl methyl sites for hydroxylation is 1. The van der Waals surface area contributed by atoms with Crippen LogP contribution in [0.2, 0.25) is 0 Å². The first-order chi connectivity index (χ1) is 8.77. The SMILES string of the molecule is CC(C(=O)Nc1nc2c(s1)C[C@@H](N)CC2)S(C)(=O)=O.Cl. The van der Waals surface area contributed by atoms with Gasteiger partial charge in [-0.05, 0) is 26.2 Å². The summed E-state index contributed by atoms with van der Waals surface area (Å²) in [6.45, 7) is 1.37. The molecular formula is C11H18ClN3O3S2. The van der Waals surface area contributed by atoms with Crippen LogP contribution >= 0.6 is 23.7 Å². The topological polar surface area (TPSA) is 102 Å². The first-order valence-electron chi connectivity index (χ1n) is 6.01. The van der Waals surface area contributed by atoms with E-state index in [1.54, 1.807) is 0 Å². The number of hydrogen-bond donors (Lipinski definition) is 2. The van der Waals surface area contributed by atoms with E-state index in [4.69, 9.17) is 5.73 Å². The Morgan fingerprint density at radius 3 is 2.80 bits per heavy atom. The number of anilines is 1. The van der Waals surface area contributed by atoms with Gasteiger partial charge in [0.25, 0.3) is 0 Å². The number of aromatic nitrogens is 1. The summed E-state index contributed by atoms with van der Waals surface area (Å²) in [4.78, 5) is 17.2. The first-order valence-corrected chi connectivity index (χ1v) is 8.78. The molecular weight excluding hydrogens is 322 g/mol. The summed E-state index contributed by atoms with van der Waals surface area (Å²) in [5.74, 6) is -0.544. The standard InChI is InChI=1S/C11H17N3O3S2.ClH/c1-6(19(2,16)17)10(15)14-11-13-8-4-3-7(12)5-9(8)18-11;/h6-7H,3-5,12H2,1-2H3,(H,13,14,15);1H/t6?,7-;/m0./s1. The molecule has 1 unspecified atom stereocenters. The molecule has 1 heterocycles. The van der Waals surface area contributed by atoms with Crippen LogP contribution in [-0.2, 0) is 27.5 Å². The number of nitrogens with one attached hydrogen (secondary N) is 1. The lowest BCUT2D eigenvalue weighted by molar-refractivity contribution is -0.115. The number of sulfone groups is 1. The highest BCUT2D eigenvalue weighted by molar-refractivity contribution is 7.92. The maximum absolute atomic E-state index is 11.8. The number of nitrogens with zero attached hydrogens (tertiary/aromatic N) is 1. The monoisotopic (exact) mass is 339 g/mol. The molecule has 1 aliphatic carbocycles. The lowest BCUT2D eigenvalue weighted by Gasteiger charge is -2.15. The number of halogens is 1. The van der Waals surface area contributed by atoms with E-state index in [0.29, 0.717) is 5.13 Å². The Balaban J connectivity index is 0.00000200. The summed E-state index contributed by atoms with van der Waals surface area (Å²) in [5, 5.41) is 1.95. The number of thiazole rings is 1. The van der Waals surface area contributed by atoms with Gasteiger partial charge in [0, 0.05) is 17.2 Å². The minimum absolute atomic E-state index is 0. The molecule has 1 amide bonds. The van der Waals surface area contributed by atoms with Crippen LogP contribution in [0, 0.1) is 0 Å². The Morgan fingerprint density at radius 1 is 1.55 bits per heavy atom. The number of rotatable bonds is 3. The molecule has 20 heavy (non-hydrogen) atoms. The fourth-order valence-electron chi connectivity index (χ4n) is 1.86. The zero-order valence-corrected chi connectivity index (χ0v) is 13.7. The summed E-state index contributed by atoms with van der Waals surface area (Å²) in [6.07, 6.45) is 3.52. The average molecular weight is 340 g/mol. The van der Waals surface area contributed by atoms with Crippen molar-refractivity contribution in [1.82, 2.24) is 4.98 Å². The number of amides is 1. The minimum Gasteiger partial charge on any atom is -0.327 e. The molecule has 0 saturated carbocycles. The van der Waals surface area contributed by atoms with E-state index < -0.39 is 21.0 Å².